The van der Waals surface area contributed by atoms with Gasteiger partial charge in [0.1, 0.15) is 5.75 Å². The monoisotopic (exact) mass is 234 g/mol. The summed E-state index contributed by atoms with van der Waals surface area (Å²) in [5.74, 6) is 0.759. The van der Waals surface area contributed by atoms with Gasteiger partial charge in [0.05, 0.1) is 7.11 Å². The van der Waals surface area contributed by atoms with E-state index in [4.69, 9.17) is 4.74 Å². The van der Waals surface area contributed by atoms with E-state index >= 15 is 0 Å². The summed E-state index contributed by atoms with van der Waals surface area (Å²) in [6.45, 7) is 1.98. The minimum Gasteiger partial charge on any atom is -0.497 e. The average Bonchev–Trinajstić information content (AvgIpc) is 2.75. The number of hydrogen-bond acceptors (Lipinski definition) is 3. The largest absolute Gasteiger partial charge is 0.497 e. The van der Waals surface area contributed by atoms with Gasteiger partial charge in [-0.25, -0.2) is 0 Å². The Morgan fingerprint density at radius 3 is 2.65 bits per heavy atom. The van der Waals surface area contributed by atoms with Crippen molar-refractivity contribution in [3.05, 3.63) is 29.8 Å². The summed E-state index contributed by atoms with van der Waals surface area (Å²) < 4.78 is 5.06. The fourth-order valence-corrected chi connectivity index (χ4v) is 2.06. The third kappa shape index (κ3) is 2.97. The van der Waals surface area contributed by atoms with Crippen molar-refractivity contribution in [1.29, 1.82) is 0 Å². The van der Waals surface area contributed by atoms with Crippen LogP contribution >= 0.6 is 0 Å². The third-order valence-corrected chi connectivity index (χ3v) is 3.08. The third-order valence-electron chi connectivity index (χ3n) is 3.08. The van der Waals surface area contributed by atoms with Crippen molar-refractivity contribution in [1.82, 2.24) is 10.2 Å². The number of benzene rings is 1. The van der Waals surface area contributed by atoms with Crippen LogP contribution in [0.4, 0.5) is 0 Å². The lowest BCUT2D eigenvalue weighted by atomic mass is 10.2. The zero-order valence-corrected chi connectivity index (χ0v) is 10.3. The first-order chi connectivity index (χ1) is 8.19. The summed E-state index contributed by atoms with van der Waals surface area (Å²) in [4.78, 5) is 14.2. The van der Waals surface area contributed by atoms with Gasteiger partial charge in [0.15, 0.2) is 0 Å². The zero-order valence-electron chi connectivity index (χ0n) is 10.3. The predicted octanol–water partition coefficient (Wildman–Crippen LogP) is 1.13. The van der Waals surface area contributed by atoms with Gasteiger partial charge in [-0.15, -0.1) is 0 Å². The molecule has 92 valence electrons. The Hall–Kier alpha value is -1.55. The highest BCUT2D eigenvalue weighted by Gasteiger charge is 2.21. The molecule has 1 N–H and O–H groups in total. The number of nitrogens with one attached hydrogen (secondary N) is 1. The van der Waals surface area contributed by atoms with Gasteiger partial charge in [-0.05, 0) is 44.3 Å². The van der Waals surface area contributed by atoms with E-state index < -0.39 is 0 Å². The Balaban J connectivity index is 1.94. The highest BCUT2D eigenvalue weighted by Crippen LogP contribution is 2.12. The lowest BCUT2D eigenvalue weighted by Gasteiger charge is -2.13. The highest BCUT2D eigenvalue weighted by molar-refractivity contribution is 5.94. The van der Waals surface area contributed by atoms with Gasteiger partial charge in [0, 0.05) is 18.2 Å². The van der Waals surface area contributed by atoms with Crippen molar-refractivity contribution < 1.29 is 9.53 Å². The SMILES string of the molecule is COc1ccc(C(=O)NC2CCN(C)C2)cc1. The van der Waals surface area contributed by atoms with Gasteiger partial charge in [-0.2, -0.15) is 0 Å². The van der Waals surface area contributed by atoms with Gasteiger partial charge < -0.3 is 15.0 Å². The number of likely N-dealkylation sites (tertiary alicyclic amines) is 1. The van der Waals surface area contributed by atoms with Crippen LogP contribution < -0.4 is 10.1 Å². The minimum atomic E-state index is -0.00652. The maximum Gasteiger partial charge on any atom is 0.251 e. The molecule has 2 rings (SSSR count). The van der Waals surface area contributed by atoms with Gasteiger partial charge in [-0.1, -0.05) is 0 Å². The number of carbonyl (C=O) groups excluding carboxylic acids is 1. The first kappa shape index (κ1) is 11.9. The fourth-order valence-electron chi connectivity index (χ4n) is 2.06. The molecular formula is C13H18N2O2. The highest BCUT2D eigenvalue weighted by atomic mass is 16.5. The fraction of sp³-hybridized carbons (Fsp3) is 0.462. The average molecular weight is 234 g/mol. The molecular weight excluding hydrogens is 216 g/mol. The Labute approximate surface area is 102 Å². The van der Waals surface area contributed by atoms with Crippen LogP contribution in [0.3, 0.4) is 0 Å². The van der Waals surface area contributed by atoms with Crippen molar-refractivity contribution in [3.63, 3.8) is 0 Å². The van der Waals surface area contributed by atoms with E-state index in [1.54, 1.807) is 31.4 Å². The van der Waals surface area contributed by atoms with Crippen LogP contribution in [0, 0.1) is 0 Å². The van der Waals surface area contributed by atoms with Crippen LogP contribution in [0.25, 0.3) is 0 Å². The first-order valence-corrected chi connectivity index (χ1v) is 5.82. The van der Waals surface area contributed by atoms with Crippen molar-refractivity contribution in [3.8, 4) is 5.75 Å². The van der Waals surface area contributed by atoms with Crippen LogP contribution in [0.2, 0.25) is 0 Å². The molecule has 1 aromatic rings. The Morgan fingerprint density at radius 1 is 1.41 bits per heavy atom. The number of hydrogen-bond donors (Lipinski definition) is 1. The normalized spacial score (nSPS) is 20.2. The van der Waals surface area contributed by atoms with Crippen LogP contribution in [0.1, 0.15) is 16.8 Å². The Kier molecular flexibility index (Phi) is 3.64. The maximum atomic E-state index is 11.9. The van der Waals surface area contributed by atoms with Crippen molar-refractivity contribution >= 4 is 5.91 Å². The van der Waals surface area contributed by atoms with E-state index in [0.29, 0.717) is 5.56 Å². The smallest absolute Gasteiger partial charge is 0.251 e. The molecule has 1 heterocycles. The molecule has 1 aliphatic heterocycles. The molecule has 1 atom stereocenters. The Morgan fingerprint density at radius 2 is 2.12 bits per heavy atom. The number of nitrogens with zero attached hydrogens (tertiary/aromatic N) is 1. The van der Waals surface area contributed by atoms with Gasteiger partial charge in [0.2, 0.25) is 0 Å². The van der Waals surface area contributed by atoms with Gasteiger partial charge in [0.25, 0.3) is 5.91 Å². The van der Waals surface area contributed by atoms with E-state index in [9.17, 15) is 4.79 Å². The number of amides is 1. The molecule has 4 nitrogen and oxygen atoms in total. The molecule has 17 heavy (non-hydrogen) atoms. The molecule has 4 heteroatoms. The zero-order chi connectivity index (χ0) is 12.3. The molecule has 0 spiro atoms. The lowest BCUT2D eigenvalue weighted by molar-refractivity contribution is 0.0938. The molecule has 1 aliphatic rings. The van der Waals surface area contributed by atoms with Gasteiger partial charge >= 0.3 is 0 Å². The molecule has 1 fully saturated rings. The van der Waals surface area contributed by atoms with E-state index in [1.807, 2.05) is 0 Å². The topological polar surface area (TPSA) is 41.6 Å². The van der Waals surface area contributed by atoms with E-state index in [1.165, 1.54) is 0 Å². The molecule has 1 saturated heterocycles. The van der Waals surface area contributed by atoms with Crippen LogP contribution in [-0.4, -0.2) is 44.1 Å². The molecule has 0 radical (unpaired) electrons. The molecule has 1 amide bonds. The van der Waals surface area contributed by atoms with Gasteiger partial charge in [-0.3, -0.25) is 4.79 Å². The van der Waals surface area contributed by atoms with Crippen LogP contribution in [-0.2, 0) is 0 Å². The standard InChI is InChI=1S/C13H18N2O2/c1-15-8-7-11(9-15)14-13(16)10-3-5-12(17-2)6-4-10/h3-6,11H,7-9H2,1-2H3,(H,14,16). The number of carbonyl (C=O) groups is 1. The van der Waals surface area contributed by atoms with Crippen molar-refractivity contribution in [2.45, 2.75) is 12.5 Å². The quantitative estimate of drug-likeness (QED) is 0.852. The van der Waals surface area contributed by atoms with Crippen molar-refractivity contribution in [2.24, 2.45) is 0 Å². The summed E-state index contributed by atoms with van der Waals surface area (Å²) in [5.41, 5.74) is 0.681. The molecule has 1 unspecified atom stereocenters. The molecule has 0 aliphatic carbocycles. The number of rotatable bonds is 3. The maximum absolute atomic E-state index is 11.9. The predicted molar refractivity (Wildman–Crippen MR) is 66.4 cm³/mol. The Bertz CT molecular complexity index is 389. The molecule has 0 saturated carbocycles. The minimum absolute atomic E-state index is 0.00652. The summed E-state index contributed by atoms with van der Waals surface area (Å²) in [7, 11) is 3.68. The number of methoxy groups -OCH3 is 1. The van der Waals surface area contributed by atoms with Crippen LogP contribution in [0.15, 0.2) is 24.3 Å². The summed E-state index contributed by atoms with van der Waals surface area (Å²) >= 11 is 0. The lowest BCUT2D eigenvalue weighted by Crippen LogP contribution is -2.36. The van der Waals surface area contributed by atoms with E-state index in [0.717, 1.165) is 25.3 Å². The van der Waals surface area contributed by atoms with E-state index in [-0.39, 0.29) is 11.9 Å². The summed E-state index contributed by atoms with van der Waals surface area (Å²) in [5, 5.41) is 3.04. The molecule has 0 aromatic heterocycles. The van der Waals surface area contributed by atoms with Crippen LogP contribution in [0.5, 0.6) is 5.75 Å². The van der Waals surface area contributed by atoms with Crippen molar-refractivity contribution in [2.75, 3.05) is 27.2 Å². The number of likely N-dealkylation sites (N-methyl/N-ethyl adjacent to an activating group) is 1. The summed E-state index contributed by atoms with van der Waals surface area (Å²) in [6.07, 6.45) is 1.03. The van der Waals surface area contributed by atoms with E-state index in [2.05, 4.69) is 17.3 Å². The second kappa shape index (κ2) is 5.19. The first-order valence-electron chi connectivity index (χ1n) is 5.82. The molecule has 1 aromatic carbocycles. The second-order valence-corrected chi connectivity index (χ2v) is 4.45. The molecule has 0 bridgehead atoms. The number of ether oxygens (including phenoxy) is 1. The second-order valence-electron chi connectivity index (χ2n) is 4.45. The summed E-state index contributed by atoms with van der Waals surface area (Å²) in [6, 6.07) is 7.44.